The van der Waals surface area contributed by atoms with Gasteiger partial charge in [-0.25, -0.2) is 0 Å². The summed E-state index contributed by atoms with van der Waals surface area (Å²) in [5.74, 6) is -0.128. The van der Waals surface area contributed by atoms with E-state index in [1.807, 2.05) is 67.6 Å². The zero-order chi connectivity index (χ0) is 19.1. The predicted molar refractivity (Wildman–Crippen MR) is 106 cm³/mol. The van der Waals surface area contributed by atoms with Gasteiger partial charge in [-0.05, 0) is 57.1 Å². The molecule has 142 valence electrons. The van der Waals surface area contributed by atoms with E-state index in [9.17, 15) is 9.59 Å². The number of para-hydroxylation sites is 2. The highest BCUT2D eigenvalue weighted by Gasteiger charge is 2.28. The molecule has 0 bridgehead atoms. The molecule has 0 N–H and O–H groups in total. The van der Waals surface area contributed by atoms with Gasteiger partial charge in [-0.1, -0.05) is 36.4 Å². The lowest BCUT2D eigenvalue weighted by Crippen LogP contribution is -2.43. The van der Waals surface area contributed by atoms with Gasteiger partial charge in [0.2, 0.25) is 5.91 Å². The van der Waals surface area contributed by atoms with Gasteiger partial charge in [-0.15, -0.1) is 0 Å². The first-order valence-corrected chi connectivity index (χ1v) is 9.51. The predicted octanol–water partition coefficient (Wildman–Crippen LogP) is 3.63. The molecule has 0 aliphatic carbocycles. The second kappa shape index (κ2) is 9.33. The number of carbonyl (C=O) groups excluding carboxylic acids is 2. The lowest BCUT2D eigenvalue weighted by molar-refractivity contribution is -0.149. The van der Waals surface area contributed by atoms with Gasteiger partial charge in [0.25, 0.3) is 0 Å². The standard InChI is InChI=1S/C22H26N2O3/c1-2-27-22(26)18-13-15-23(16-14-18)17-21(25)24(19-9-5-3-6-10-19)20-11-7-4-8-12-20/h3-12,18H,2,13-17H2,1H3. The smallest absolute Gasteiger partial charge is 0.309 e. The quantitative estimate of drug-likeness (QED) is 0.733. The summed E-state index contributed by atoms with van der Waals surface area (Å²) < 4.78 is 5.12. The molecule has 2 aromatic rings. The van der Waals surface area contributed by atoms with Crippen molar-refractivity contribution in [2.24, 2.45) is 5.92 Å². The molecule has 5 nitrogen and oxygen atoms in total. The van der Waals surface area contributed by atoms with Crippen LogP contribution in [0.4, 0.5) is 11.4 Å². The molecule has 0 spiro atoms. The fraction of sp³-hybridized carbons (Fsp3) is 0.364. The molecular formula is C22H26N2O3. The molecule has 27 heavy (non-hydrogen) atoms. The summed E-state index contributed by atoms with van der Waals surface area (Å²) >= 11 is 0. The first-order valence-electron chi connectivity index (χ1n) is 9.51. The maximum absolute atomic E-state index is 13.1. The molecular weight excluding hydrogens is 340 g/mol. The first kappa shape index (κ1) is 19.1. The fourth-order valence-electron chi connectivity index (χ4n) is 3.44. The van der Waals surface area contributed by atoms with Crippen molar-refractivity contribution < 1.29 is 14.3 Å². The van der Waals surface area contributed by atoms with Crippen molar-refractivity contribution in [3.63, 3.8) is 0 Å². The van der Waals surface area contributed by atoms with Crippen LogP contribution >= 0.6 is 0 Å². The van der Waals surface area contributed by atoms with Crippen molar-refractivity contribution in [2.75, 3.05) is 31.1 Å². The Kier molecular flexibility index (Phi) is 6.60. The summed E-state index contributed by atoms with van der Waals surface area (Å²) in [5.41, 5.74) is 1.71. The van der Waals surface area contributed by atoms with Crippen molar-refractivity contribution in [1.29, 1.82) is 0 Å². The third kappa shape index (κ3) is 4.95. The maximum Gasteiger partial charge on any atom is 0.309 e. The molecule has 1 amide bonds. The van der Waals surface area contributed by atoms with E-state index in [1.54, 1.807) is 4.90 Å². The number of hydrogen-bond donors (Lipinski definition) is 0. The highest BCUT2D eigenvalue weighted by atomic mass is 16.5. The minimum atomic E-state index is -0.112. The Morgan fingerprint density at radius 2 is 1.48 bits per heavy atom. The number of benzene rings is 2. The Hall–Kier alpha value is -2.66. The highest BCUT2D eigenvalue weighted by molar-refractivity contribution is 6.01. The summed E-state index contributed by atoms with van der Waals surface area (Å²) in [6.45, 7) is 4.03. The molecule has 0 atom stereocenters. The number of likely N-dealkylation sites (tertiary alicyclic amines) is 1. The Morgan fingerprint density at radius 1 is 0.963 bits per heavy atom. The van der Waals surface area contributed by atoms with Gasteiger partial charge in [-0.2, -0.15) is 0 Å². The third-order valence-corrected chi connectivity index (χ3v) is 4.84. The van der Waals surface area contributed by atoms with E-state index in [4.69, 9.17) is 4.74 Å². The molecule has 0 radical (unpaired) electrons. The Balaban J connectivity index is 1.67. The van der Waals surface area contributed by atoms with E-state index >= 15 is 0 Å². The summed E-state index contributed by atoms with van der Waals surface area (Å²) in [4.78, 5) is 28.9. The topological polar surface area (TPSA) is 49.9 Å². The van der Waals surface area contributed by atoms with E-state index in [-0.39, 0.29) is 17.8 Å². The number of piperidine rings is 1. The van der Waals surface area contributed by atoms with Crippen LogP contribution in [0.3, 0.4) is 0 Å². The highest BCUT2D eigenvalue weighted by Crippen LogP contribution is 2.26. The fourth-order valence-corrected chi connectivity index (χ4v) is 3.44. The number of anilines is 2. The molecule has 1 heterocycles. The van der Waals surface area contributed by atoms with Gasteiger partial charge in [0, 0.05) is 11.4 Å². The average Bonchev–Trinajstić information content (AvgIpc) is 2.70. The number of ether oxygens (including phenoxy) is 1. The van der Waals surface area contributed by atoms with Crippen LogP contribution in [0.1, 0.15) is 19.8 Å². The molecule has 3 rings (SSSR count). The van der Waals surface area contributed by atoms with Crippen LogP contribution in [0.25, 0.3) is 0 Å². The largest absolute Gasteiger partial charge is 0.466 e. The molecule has 0 saturated carbocycles. The van der Waals surface area contributed by atoms with Crippen LogP contribution < -0.4 is 4.90 Å². The van der Waals surface area contributed by atoms with Crippen LogP contribution in [0.2, 0.25) is 0 Å². The second-order valence-electron chi connectivity index (χ2n) is 6.70. The van der Waals surface area contributed by atoms with Crippen LogP contribution in [0.5, 0.6) is 0 Å². The monoisotopic (exact) mass is 366 g/mol. The van der Waals surface area contributed by atoms with Gasteiger partial charge in [0.05, 0.1) is 19.1 Å². The summed E-state index contributed by atoms with van der Waals surface area (Å²) in [6.07, 6.45) is 1.48. The van der Waals surface area contributed by atoms with Crippen molar-refractivity contribution >= 4 is 23.3 Å². The molecule has 1 aliphatic heterocycles. The van der Waals surface area contributed by atoms with Crippen LogP contribution in [-0.2, 0) is 14.3 Å². The molecule has 2 aromatic carbocycles. The number of esters is 1. The van der Waals surface area contributed by atoms with E-state index in [0.29, 0.717) is 13.2 Å². The number of hydrogen-bond acceptors (Lipinski definition) is 4. The molecule has 0 aromatic heterocycles. The van der Waals surface area contributed by atoms with Gasteiger partial charge >= 0.3 is 5.97 Å². The van der Waals surface area contributed by atoms with Gasteiger partial charge in [0.1, 0.15) is 0 Å². The Labute approximate surface area is 160 Å². The normalized spacial score (nSPS) is 15.3. The molecule has 1 aliphatic rings. The molecule has 1 fully saturated rings. The minimum Gasteiger partial charge on any atom is -0.466 e. The van der Waals surface area contributed by atoms with E-state index < -0.39 is 0 Å². The number of nitrogens with zero attached hydrogens (tertiary/aromatic N) is 2. The molecule has 0 unspecified atom stereocenters. The van der Waals surface area contributed by atoms with Crippen molar-refractivity contribution in [3.8, 4) is 0 Å². The van der Waals surface area contributed by atoms with Crippen LogP contribution in [-0.4, -0.2) is 43.0 Å². The summed E-state index contributed by atoms with van der Waals surface area (Å²) in [6, 6.07) is 19.4. The number of amides is 1. The van der Waals surface area contributed by atoms with Crippen LogP contribution in [0, 0.1) is 5.92 Å². The summed E-state index contributed by atoms with van der Waals surface area (Å²) in [5, 5.41) is 0. The summed E-state index contributed by atoms with van der Waals surface area (Å²) in [7, 11) is 0. The maximum atomic E-state index is 13.1. The van der Waals surface area contributed by atoms with E-state index in [0.717, 1.165) is 37.3 Å². The molecule has 1 saturated heterocycles. The lowest BCUT2D eigenvalue weighted by atomic mass is 9.97. The zero-order valence-corrected chi connectivity index (χ0v) is 15.7. The van der Waals surface area contributed by atoms with Gasteiger partial charge in [0.15, 0.2) is 0 Å². The number of carbonyl (C=O) groups is 2. The average molecular weight is 366 g/mol. The lowest BCUT2D eigenvalue weighted by Gasteiger charge is -2.32. The minimum absolute atomic E-state index is 0.0296. The Bertz CT molecular complexity index is 701. The van der Waals surface area contributed by atoms with Crippen molar-refractivity contribution in [3.05, 3.63) is 60.7 Å². The second-order valence-corrected chi connectivity index (χ2v) is 6.70. The van der Waals surface area contributed by atoms with Crippen molar-refractivity contribution in [2.45, 2.75) is 19.8 Å². The zero-order valence-electron chi connectivity index (χ0n) is 15.7. The third-order valence-electron chi connectivity index (χ3n) is 4.84. The Morgan fingerprint density at radius 3 is 1.96 bits per heavy atom. The first-order chi connectivity index (χ1) is 13.2. The van der Waals surface area contributed by atoms with Gasteiger partial charge in [-0.3, -0.25) is 19.4 Å². The van der Waals surface area contributed by atoms with Crippen LogP contribution in [0.15, 0.2) is 60.7 Å². The van der Waals surface area contributed by atoms with E-state index in [2.05, 4.69) is 4.90 Å². The van der Waals surface area contributed by atoms with Crippen molar-refractivity contribution in [1.82, 2.24) is 4.90 Å². The number of rotatable bonds is 6. The SMILES string of the molecule is CCOC(=O)C1CCN(CC(=O)N(c2ccccc2)c2ccccc2)CC1. The molecule has 5 heteroatoms. The van der Waals surface area contributed by atoms with E-state index in [1.165, 1.54) is 0 Å². The van der Waals surface area contributed by atoms with Gasteiger partial charge < -0.3 is 4.74 Å².